The fourth-order valence-electron chi connectivity index (χ4n) is 15.4. The normalized spacial score (nSPS) is 31.8. The van der Waals surface area contributed by atoms with E-state index in [-0.39, 0.29) is 77.2 Å². The number of aryl methyl sites for hydroxylation is 2. The molecule has 7 heterocycles. The third-order valence-corrected chi connectivity index (χ3v) is 21.7. The van der Waals surface area contributed by atoms with Gasteiger partial charge >= 0.3 is 7.82 Å². The zero-order valence-electron chi connectivity index (χ0n) is 53.3. The van der Waals surface area contributed by atoms with Crippen LogP contribution in [0.15, 0.2) is 74.0 Å². The van der Waals surface area contributed by atoms with Gasteiger partial charge in [-0.05, 0) is 120 Å². The van der Waals surface area contributed by atoms with Crippen molar-refractivity contribution < 1.29 is 71.6 Å². The van der Waals surface area contributed by atoms with Gasteiger partial charge in [-0.2, -0.15) is 4.57 Å². The van der Waals surface area contributed by atoms with Crippen LogP contribution in [0, 0.1) is 53.3 Å². The number of benzene rings is 1. The minimum Gasteiger partial charge on any atom is -0.394 e. The van der Waals surface area contributed by atoms with Crippen LogP contribution in [-0.2, 0) is 51.9 Å². The number of phosphoric acid groups is 1. The van der Waals surface area contributed by atoms with Gasteiger partial charge < -0.3 is 70.2 Å². The van der Waals surface area contributed by atoms with Crippen LogP contribution in [0.1, 0.15) is 150 Å². The van der Waals surface area contributed by atoms with Gasteiger partial charge in [-0.1, -0.05) is 27.7 Å². The number of allylic oxidation sites excluding steroid dienone is 7. The third-order valence-electron chi connectivity index (χ3n) is 20.5. The molecule has 19 N–H and O–H groups in total. The van der Waals surface area contributed by atoms with E-state index in [0.717, 1.165) is 16.6 Å². The summed E-state index contributed by atoms with van der Waals surface area (Å²) in [7, 11) is -5.06. The highest BCUT2D eigenvalue weighted by Gasteiger charge is 2.67. The lowest BCUT2D eigenvalue weighted by Gasteiger charge is -2.48. The number of nitrogens with one attached hydrogen (secondary N) is 4. The Hall–Kier alpha value is -7.13. The van der Waals surface area contributed by atoms with Crippen molar-refractivity contribution in [2.45, 2.75) is 189 Å². The number of rotatable bonds is 26. The van der Waals surface area contributed by atoms with Crippen molar-refractivity contribution in [3.63, 3.8) is 0 Å². The number of ether oxygens (including phenoxy) is 1. The van der Waals surface area contributed by atoms with Crippen LogP contribution in [0.3, 0.4) is 0 Å². The molecular formula is C62H91N13O14P+. The van der Waals surface area contributed by atoms with Crippen LogP contribution in [0.4, 0.5) is 0 Å². The van der Waals surface area contributed by atoms with E-state index in [9.17, 15) is 53.2 Å². The van der Waals surface area contributed by atoms with Gasteiger partial charge in [-0.25, -0.2) is 9.55 Å². The fraction of sp³-hybridized carbons (Fsp3) is 0.613. The van der Waals surface area contributed by atoms with Crippen LogP contribution in [0.2, 0.25) is 0 Å². The number of H-pyrrole nitrogens is 1. The smallest absolute Gasteiger partial charge is 0.394 e. The Kier molecular flexibility index (Phi) is 19.5. The molecule has 6 aliphatic rings. The number of nitrogens with zero attached hydrogens (tertiary/aromatic N) is 3. The van der Waals surface area contributed by atoms with Crippen molar-refractivity contribution in [1.82, 2.24) is 20.9 Å². The topological polar surface area (TPSA) is 462 Å². The minimum absolute atomic E-state index is 0.0103. The number of phosphoric ester groups is 1. The zero-order valence-corrected chi connectivity index (χ0v) is 54.2. The summed E-state index contributed by atoms with van der Waals surface area (Å²) < 4.78 is 32.4. The molecule has 1 aromatic heterocycles. The van der Waals surface area contributed by atoms with Gasteiger partial charge in [-0.15, -0.1) is 0 Å². The summed E-state index contributed by atoms with van der Waals surface area (Å²) in [5.74, 6) is -6.45. The molecule has 3 fully saturated rings. The maximum Gasteiger partial charge on any atom is 0.472 e. The molecule has 27 nitrogen and oxygen atoms in total. The molecule has 1 aromatic carbocycles. The number of aliphatic hydroxyl groups excluding tert-OH is 2. The first-order valence-electron chi connectivity index (χ1n) is 30.5. The number of aromatic nitrogens is 2. The number of fused-ring (bicyclic) bond motifs is 8. The van der Waals surface area contributed by atoms with E-state index in [1.54, 1.807) is 10.9 Å². The standard InChI is InChI=1S/C62H90N13O14P/c1-29-20-39-40(21-30(29)2)75(28-70-39)57-52(84)53(41(27-76)87-57)89-90(85,86)88-31(3)26-69-49(83)18-19-59(8)37(22-46(66)80)56-62(11)61(10,25-48(68)82)36(14-17-45(65)79)51(74-62)33(5)55-60(9,24-47(67)81)34(12-15-43(63)77)38(71-55)23-42-58(6,7)35(13-16-44(64)78)50(72-42)32(4)54(59)73-56/h20-21,23,28,31,35-37,41,52-53,56-57,76,84H,12-19,22,24-27H2,1-11H3,(H16,63,64,65,66,67,68,69,71,72,73,74,77,78,79,80,81,82,83,85,86)/p+1/b42-23-. The molecule has 6 aliphatic heterocycles. The molecular weight excluding hydrogens is 1180 g/mol. The summed E-state index contributed by atoms with van der Waals surface area (Å²) in [5, 5.41) is 32.1. The molecule has 0 saturated carbocycles. The Morgan fingerprint density at radius 2 is 1.42 bits per heavy atom. The second-order valence-corrected chi connectivity index (χ2v) is 28.4. The van der Waals surface area contributed by atoms with Crippen molar-refractivity contribution in [3.05, 3.63) is 75.2 Å². The Labute approximate surface area is 523 Å². The molecule has 90 heavy (non-hydrogen) atoms. The third kappa shape index (κ3) is 12.9. The highest BCUT2D eigenvalue weighted by molar-refractivity contribution is 7.47. The number of carbonyl (C=O) groups is 7. The highest BCUT2D eigenvalue weighted by atomic mass is 31.2. The first-order valence-corrected chi connectivity index (χ1v) is 32.0. The number of hydrogen-bond acceptors (Lipinski definition) is 17. The van der Waals surface area contributed by atoms with E-state index < -0.39 is 137 Å². The Morgan fingerprint density at radius 3 is 2.02 bits per heavy atom. The predicted molar refractivity (Wildman–Crippen MR) is 332 cm³/mol. The van der Waals surface area contributed by atoms with Crippen molar-refractivity contribution in [1.29, 1.82) is 0 Å². The maximum atomic E-state index is 14.4. The zero-order chi connectivity index (χ0) is 66.7. The average Bonchev–Trinajstić information content (AvgIpc) is 1.53. The SMILES string of the molecule is CC1=C2N/C(=C\C3=C(CCC(N)=O)C(C)(CC(N)=O)C(=N3)C(C)=C3NC(C)(C4N=C1C(C)(CCC(=O)NCC(C)OP(=O)(O)OC1C(CO)OC([n+]5c[nH]c6cc(C)c(C)cc65)C1O)C4CC(N)=O)C(C)(CC(N)=O)C3CCC(N)=O)C(C)(C)C2CCC(N)=O. The molecule has 0 aliphatic carbocycles. The van der Waals surface area contributed by atoms with Crippen molar-refractivity contribution in [3.8, 4) is 0 Å². The van der Waals surface area contributed by atoms with E-state index in [1.165, 1.54) is 6.92 Å². The predicted octanol–water partition coefficient (Wildman–Crippen LogP) is 2.37. The van der Waals surface area contributed by atoms with Crippen molar-refractivity contribution in [2.24, 2.45) is 83.8 Å². The Balaban J connectivity index is 1.19. The number of carbonyl (C=O) groups excluding carboxylic acids is 7. The molecule has 3 saturated heterocycles. The minimum atomic E-state index is -5.06. The summed E-state index contributed by atoms with van der Waals surface area (Å²) in [5.41, 5.74) is 38.4. The number of aliphatic hydroxyl groups is 2. The quantitative estimate of drug-likeness (QED) is 0.0475. The van der Waals surface area contributed by atoms with Gasteiger partial charge in [0.2, 0.25) is 53.9 Å². The average molecular weight is 1270 g/mol. The molecule has 14 atom stereocenters. The number of primary amides is 6. The number of imidazole rings is 1. The monoisotopic (exact) mass is 1270 g/mol. The van der Waals surface area contributed by atoms with E-state index in [4.69, 9.17) is 58.2 Å². The summed E-state index contributed by atoms with van der Waals surface area (Å²) in [6, 6.07) is 2.84. The first-order chi connectivity index (χ1) is 41.8. The second kappa shape index (κ2) is 25.5. The molecule has 14 unspecified atom stereocenters. The van der Waals surface area contributed by atoms with Gasteiger partial charge in [-0.3, -0.25) is 52.6 Å². The van der Waals surface area contributed by atoms with Crippen LogP contribution < -0.4 is 54.9 Å². The van der Waals surface area contributed by atoms with Gasteiger partial charge in [0, 0.05) is 114 Å². The van der Waals surface area contributed by atoms with Crippen molar-refractivity contribution >= 4 is 71.6 Å². The molecule has 492 valence electrons. The number of nitrogens with two attached hydrogens (primary N) is 6. The largest absolute Gasteiger partial charge is 0.472 e. The van der Waals surface area contributed by atoms with Gasteiger partial charge in [0.05, 0.1) is 35.7 Å². The number of amides is 7. The highest BCUT2D eigenvalue weighted by Crippen LogP contribution is 2.62. The second-order valence-electron chi connectivity index (χ2n) is 27.0. The van der Waals surface area contributed by atoms with Crippen LogP contribution in [-0.4, -0.2) is 122 Å². The number of aromatic amines is 1. The lowest BCUT2D eigenvalue weighted by molar-refractivity contribution is -0.743. The molecule has 28 heteroatoms. The summed E-state index contributed by atoms with van der Waals surface area (Å²) in [4.78, 5) is 119. The number of hydrogen-bond donors (Lipinski definition) is 13. The van der Waals surface area contributed by atoms with Crippen LogP contribution in [0.5, 0.6) is 0 Å². The molecule has 8 bridgehead atoms. The lowest BCUT2D eigenvalue weighted by Crippen LogP contribution is -2.60. The molecule has 0 radical (unpaired) electrons. The van der Waals surface area contributed by atoms with E-state index in [0.29, 0.717) is 56.4 Å². The van der Waals surface area contributed by atoms with Gasteiger partial charge in [0.25, 0.3) is 0 Å². The van der Waals surface area contributed by atoms with E-state index >= 15 is 0 Å². The van der Waals surface area contributed by atoms with Gasteiger partial charge in [0.15, 0.2) is 11.0 Å². The van der Waals surface area contributed by atoms with Crippen molar-refractivity contribution in [2.75, 3.05) is 13.2 Å². The maximum absolute atomic E-state index is 14.4. The molecule has 8 rings (SSSR count). The number of aliphatic imine (C=N–C) groups is 2. The Morgan fingerprint density at radius 1 is 0.811 bits per heavy atom. The molecule has 7 amide bonds. The van der Waals surface area contributed by atoms with E-state index in [2.05, 4.69) is 20.9 Å². The molecule has 0 spiro atoms. The van der Waals surface area contributed by atoms with E-state index in [1.807, 2.05) is 87.4 Å². The van der Waals surface area contributed by atoms with Crippen LogP contribution in [0.25, 0.3) is 11.0 Å². The summed E-state index contributed by atoms with van der Waals surface area (Å²) in [6.45, 7) is 19.4. The van der Waals surface area contributed by atoms with Crippen LogP contribution >= 0.6 is 7.82 Å². The lowest BCUT2D eigenvalue weighted by atomic mass is 9.56. The Bertz CT molecular complexity index is 3550. The molecule has 2 aromatic rings. The summed E-state index contributed by atoms with van der Waals surface area (Å²) in [6.07, 6.45) is -4.09. The first kappa shape index (κ1) is 68.8. The fourth-order valence-corrected chi connectivity index (χ4v) is 16.5. The summed E-state index contributed by atoms with van der Waals surface area (Å²) >= 11 is 0. The van der Waals surface area contributed by atoms with Gasteiger partial charge in [0.1, 0.15) is 18.3 Å².